The molecule has 1 aromatic heterocycles. The first-order valence-electron chi connectivity index (χ1n) is 7.85. The fraction of sp³-hybridized carbons (Fsp3) is 0.412. The second-order valence-corrected chi connectivity index (χ2v) is 6.89. The molecule has 2 heterocycles. The third-order valence-corrected chi connectivity index (χ3v) is 5.36. The van der Waals surface area contributed by atoms with Crippen LogP contribution in [0.15, 0.2) is 35.7 Å². The van der Waals surface area contributed by atoms with Crippen molar-refractivity contribution in [2.45, 2.75) is 37.8 Å². The number of amides is 1. The minimum Gasteiger partial charge on any atom is -0.311 e. The largest absolute Gasteiger partial charge is 0.311 e. The molecule has 4 nitrogen and oxygen atoms in total. The number of rotatable bonds is 5. The van der Waals surface area contributed by atoms with Gasteiger partial charge in [-0.2, -0.15) is 0 Å². The Kier molecular flexibility index (Phi) is 3.68. The molecule has 0 bridgehead atoms. The fourth-order valence-corrected chi connectivity index (χ4v) is 3.87. The van der Waals surface area contributed by atoms with Gasteiger partial charge in [0, 0.05) is 30.1 Å². The number of anilines is 1. The van der Waals surface area contributed by atoms with Crippen LogP contribution in [0, 0.1) is 0 Å². The molecule has 0 spiro atoms. The summed E-state index contributed by atoms with van der Waals surface area (Å²) in [5, 5.41) is 6.76. The molecule has 0 unspecified atom stereocenters. The van der Waals surface area contributed by atoms with E-state index < -0.39 is 0 Å². The van der Waals surface area contributed by atoms with Crippen molar-refractivity contribution < 1.29 is 4.79 Å². The first-order chi connectivity index (χ1) is 10.8. The zero-order valence-corrected chi connectivity index (χ0v) is 13.2. The van der Waals surface area contributed by atoms with Crippen LogP contribution in [0.5, 0.6) is 0 Å². The monoisotopic (exact) mass is 313 g/mol. The van der Waals surface area contributed by atoms with Crippen molar-refractivity contribution in [2.75, 3.05) is 11.4 Å². The molecule has 2 aliphatic rings. The van der Waals surface area contributed by atoms with E-state index in [1.165, 1.54) is 17.8 Å². The average Bonchev–Trinajstić information content (AvgIpc) is 3.18. The summed E-state index contributed by atoms with van der Waals surface area (Å²) < 4.78 is 0. The lowest BCUT2D eigenvalue weighted by Gasteiger charge is -2.17. The van der Waals surface area contributed by atoms with Crippen LogP contribution in [-0.4, -0.2) is 23.5 Å². The van der Waals surface area contributed by atoms with Gasteiger partial charge in [-0.25, -0.2) is 4.98 Å². The van der Waals surface area contributed by atoms with Crippen molar-refractivity contribution >= 4 is 22.9 Å². The zero-order valence-electron chi connectivity index (χ0n) is 12.4. The van der Waals surface area contributed by atoms with Gasteiger partial charge in [-0.05, 0) is 31.4 Å². The van der Waals surface area contributed by atoms with Crippen molar-refractivity contribution in [3.63, 3.8) is 0 Å². The highest BCUT2D eigenvalue weighted by atomic mass is 32.1. The number of para-hydroxylation sites is 1. The lowest BCUT2D eigenvalue weighted by atomic mass is 10.2. The van der Waals surface area contributed by atoms with E-state index >= 15 is 0 Å². The Balaban J connectivity index is 1.36. The van der Waals surface area contributed by atoms with Crippen LogP contribution >= 0.6 is 11.3 Å². The number of benzene rings is 1. The summed E-state index contributed by atoms with van der Waals surface area (Å²) >= 11 is 1.75. The van der Waals surface area contributed by atoms with Crippen LogP contribution in [0.4, 0.5) is 5.69 Å². The standard InChI is InChI=1S/C17H19N3OS/c21-17-15(8-9-20(17)14-4-2-1-3-5-14)18-10-13-11-22-16(19-13)12-6-7-12/h1-5,11-12,15,18H,6-10H2/t15-/m0/s1. The van der Waals surface area contributed by atoms with Gasteiger partial charge in [-0.15, -0.1) is 11.3 Å². The normalized spacial score (nSPS) is 21.5. The molecule has 1 aromatic carbocycles. The lowest BCUT2D eigenvalue weighted by molar-refractivity contribution is -0.118. The number of aromatic nitrogens is 1. The fourth-order valence-electron chi connectivity index (χ4n) is 2.88. The Hall–Kier alpha value is -1.72. The summed E-state index contributed by atoms with van der Waals surface area (Å²) in [5.74, 6) is 0.879. The number of carbonyl (C=O) groups is 1. The Labute approximate surface area is 134 Å². The maximum atomic E-state index is 12.5. The molecule has 5 heteroatoms. The van der Waals surface area contributed by atoms with Gasteiger partial charge < -0.3 is 10.2 Å². The Morgan fingerprint density at radius 2 is 2.05 bits per heavy atom. The van der Waals surface area contributed by atoms with Crippen molar-refractivity contribution in [1.29, 1.82) is 0 Å². The molecule has 2 aromatic rings. The van der Waals surface area contributed by atoms with Gasteiger partial charge in [-0.3, -0.25) is 4.79 Å². The molecule has 2 fully saturated rings. The maximum Gasteiger partial charge on any atom is 0.244 e. The van der Waals surface area contributed by atoms with Crippen LogP contribution < -0.4 is 10.2 Å². The van der Waals surface area contributed by atoms with Crippen LogP contribution in [0.1, 0.15) is 35.9 Å². The summed E-state index contributed by atoms with van der Waals surface area (Å²) in [4.78, 5) is 19.0. The smallest absolute Gasteiger partial charge is 0.244 e. The predicted octanol–water partition coefficient (Wildman–Crippen LogP) is 2.92. The predicted molar refractivity (Wildman–Crippen MR) is 88.1 cm³/mol. The van der Waals surface area contributed by atoms with Gasteiger partial charge in [0.15, 0.2) is 0 Å². The maximum absolute atomic E-state index is 12.5. The third-order valence-electron chi connectivity index (χ3n) is 4.30. The van der Waals surface area contributed by atoms with Gasteiger partial charge in [0.05, 0.1) is 16.7 Å². The number of nitrogens with one attached hydrogen (secondary N) is 1. The van der Waals surface area contributed by atoms with Gasteiger partial charge >= 0.3 is 0 Å². The minimum atomic E-state index is -0.0914. The minimum absolute atomic E-state index is 0.0914. The second kappa shape index (κ2) is 5.82. The van der Waals surface area contributed by atoms with Gasteiger partial charge in [-0.1, -0.05) is 18.2 Å². The SMILES string of the molecule is O=C1[C@@H](NCc2csc(C3CC3)n2)CCN1c1ccccc1. The highest BCUT2D eigenvalue weighted by molar-refractivity contribution is 7.09. The summed E-state index contributed by atoms with van der Waals surface area (Å²) in [7, 11) is 0. The molecule has 4 rings (SSSR count). The van der Waals surface area contributed by atoms with Gasteiger partial charge in [0.25, 0.3) is 0 Å². The van der Waals surface area contributed by atoms with Crippen LogP contribution in [-0.2, 0) is 11.3 Å². The summed E-state index contributed by atoms with van der Waals surface area (Å²) in [6.45, 7) is 1.47. The molecular formula is C17H19N3OS. The highest BCUT2D eigenvalue weighted by Crippen LogP contribution is 2.41. The molecule has 1 N–H and O–H groups in total. The lowest BCUT2D eigenvalue weighted by Crippen LogP contribution is -2.38. The second-order valence-electron chi connectivity index (χ2n) is 6.00. The van der Waals surface area contributed by atoms with E-state index in [2.05, 4.69) is 15.7 Å². The highest BCUT2D eigenvalue weighted by Gasteiger charge is 2.32. The van der Waals surface area contributed by atoms with Gasteiger partial charge in [0.2, 0.25) is 5.91 Å². The Bertz CT molecular complexity index is 666. The van der Waals surface area contributed by atoms with Crippen LogP contribution in [0.3, 0.4) is 0 Å². The van der Waals surface area contributed by atoms with Gasteiger partial charge in [0.1, 0.15) is 0 Å². The van der Waals surface area contributed by atoms with Crippen molar-refractivity contribution in [1.82, 2.24) is 10.3 Å². The third kappa shape index (κ3) is 2.78. The van der Waals surface area contributed by atoms with E-state index in [9.17, 15) is 4.79 Å². The average molecular weight is 313 g/mol. The number of thiazole rings is 1. The van der Waals surface area contributed by atoms with Crippen LogP contribution in [0.25, 0.3) is 0 Å². The van der Waals surface area contributed by atoms with Crippen molar-refractivity contribution in [2.24, 2.45) is 0 Å². The summed E-state index contributed by atoms with van der Waals surface area (Å²) in [5.41, 5.74) is 2.05. The Morgan fingerprint density at radius 1 is 1.23 bits per heavy atom. The molecule has 1 saturated carbocycles. The quantitative estimate of drug-likeness (QED) is 0.923. The van der Waals surface area contributed by atoms with E-state index in [1.807, 2.05) is 35.2 Å². The van der Waals surface area contributed by atoms with Crippen LogP contribution in [0.2, 0.25) is 0 Å². The molecule has 1 amide bonds. The summed E-state index contributed by atoms with van der Waals surface area (Å²) in [6, 6.07) is 9.80. The number of hydrogen-bond donors (Lipinski definition) is 1. The number of nitrogens with zero attached hydrogens (tertiary/aromatic N) is 2. The van der Waals surface area contributed by atoms with E-state index in [1.54, 1.807) is 11.3 Å². The van der Waals surface area contributed by atoms with Crippen molar-refractivity contribution in [3.8, 4) is 0 Å². The molecule has 1 aliphatic carbocycles. The molecule has 114 valence electrons. The zero-order chi connectivity index (χ0) is 14.9. The molecule has 1 atom stereocenters. The number of carbonyl (C=O) groups excluding carboxylic acids is 1. The van der Waals surface area contributed by atoms with E-state index in [0.29, 0.717) is 12.5 Å². The molecule has 1 saturated heterocycles. The molecule has 1 aliphatic heterocycles. The number of hydrogen-bond acceptors (Lipinski definition) is 4. The molecular weight excluding hydrogens is 294 g/mol. The van der Waals surface area contributed by atoms with E-state index in [-0.39, 0.29) is 11.9 Å². The topological polar surface area (TPSA) is 45.2 Å². The van der Waals surface area contributed by atoms with Crippen molar-refractivity contribution in [3.05, 3.63) is 46.4 Å². The first kappa shape index (κ1) is 13.9. The van der Waals surface area contributed by atoms with E-state index in [4.69, 9.17) is 0 Å². The summed E-state index contributed by atoms with van der Waals surface area (Å²) in [6.07, 6.45) is 3.43. The molecule has 22 heavy (non-hydrogen) atoms. The molecule has 0 radical (unpaired) electrons. The van der Waals surface area contributed by atoms with E-state index in [0.717, 1.165) is 24.3 Å². The Morgan fingerprint density at radius 3 is 2.82 bits per heavy atom. The first-order valence-corrected chi connectivity index (χ1v) is 8.73.